The van der Waals surface area contributed by atoms with Crippen LogP contribution in [0.5, 0.6) is 5.75 Å². The number of hydrogen-bond acceptors (Lipinski definition) is 5. The Hall–Kier alpha value is -3.40. The summed E-state index contributed by atoms with van der Waals surface area (Å²) in [5, 5.41) is 12.5. The van der Waals surface area contributed by atoms with E-state index >= 15 is 0 Å². The van der Waals surface area contributed by atoms with Gasteiger partial charge >= 0.3 is 0 Å². The van der Waals surface area contributed by atoms with Crippen molar-refractivity contribution in [1.82, 2.24) is 5.43 Å². The summed E-state index contributed by atoms with van der Waals surface area (Å²) in [6, 6.07) is 15.5. The van der Waals surface area contributed by atoms with Gasteiger partial charge in [-0.25, -0.2) is 9.82 Å². The number of benzene rings is 2. The van der Waals surface area contributed by atoms with Crippen molar-refractivity contribution in [3.8, 4) is 11.8 Å². The molecule has 0 fully saturated rings. The van der Waals surface area contributed by atoms with E-state index in [1.807, 2.05) is 36.2 Å². The van der Waals surface area contributed by atoms with Gasteiger partial charge in [0, 0.05) is 19.3 Å². The van der Waals surface area contributed by atoms with Crippen molar-refractivity contribution >= 4 is 17.8 Å². The second kappa shape index (κ2) is 9.79. The zero-order chi connectivity index (χ0) is 18.8. The Kier molecular flexibility index (Phi) is 7.13. The molecule has 0 aliphatic rings. The van der Waals surface area contributed by atoms with Crippen molar-refractivity contribution in [1.29, 1.82) is 5.26 Å². The molecule has 0 aromatic heterocycles. The van der Waals surface area contributed by atoms with Crippen LogP contribution in [0.3, 0.4) is 0 Å². The molecule has 1 N–H and O–H groups in total. The standard InChI is InChI=1S/C19H19FN4O2/c1-24(12-4-11-21)16-9-7-15(8-10-16)13-22-23-19(25)14-26-18-6-3-2-5-17(18)20/h2-3,5-10,13H,4,12,14H2,1H3,(H,23,25)/b22-13-. The van der Waals surface area contributed by atoms with Crippen LogP contribution in [0.2, 0.25) is 0 Å². The number of hydrazone groups is 1. The van der Waals surface area contributed by atoms with Crippen molar-refractivity contribution in [3.63, 3.8) is 0 Å². The first-order valence-corrected chi connectivity index (χ1v) is 7.97. The van der Waals surface area contributed by atoms with Gasteiger partial charge in [0.1, 0.15) is 0 Å². The van der Waals surface area contributed by atoms with E-state index in [2.05, 4.69) is 16.6 Å². The van der Waals surface area contributed by atoms with Crippen molar-refractivity contribution in [2.45, 2.75) is 6.42 Å². The molecule has 26 heavy (non-hydrogen) atoms. The molecule has 0 spiro atoms. The Morgan fingerprint density at radius 1 is 1.31 bits per heavy atom. The molecule has 0 saturated carbocycles. The molecule has 2 aromatic carbocycles. The van der Waals surface area contributed by atoms with E-state index in [1.54, 1.807) is 12.1 Å². The second-order valence-electron chi connectivity index (χ2n) is 5.43. The van der Waals surface area contributed by atoms with Crippen LogP contribution in [0.4, 0.5) is 10.1 Å². The van der Waals surface area contributed by atoms with Gasteiger partial charge in [-0.2, -0.15) is 10.4 Å². The van der Waals surface area contributed by atoms with Gasteiger partial charge in [-0.15, -0.1) is 0 Å². The van der Waals surface area contributed by atoms with Crippen molar-refractivity contribution in [3.05, 3.63) is 59.9 Å². The molecule has 0 aliphatic carbocycles. The minimum Gasteiger partial charge on any atom is -0.481 e. The first-order chi connectivity index (χ1) is 12.6. The number of ether oxygens (including phenoxy) is 1. The van der Waals surface area contributed by atoms with Crippen LogP contribution < -0.4 is 15.1 Å². The highest BCUT2D eigenvalue weighted by atomic mass is 19.1. The monoisotopic (exact) mass is 354 g/mol. The average Bonchev–Trinajstić information content (AvgIpc) is 2.66. The van der Waals surface area contributed by atoms with E-state index in [9.17, 15) is 9.18 Å². The van der Waals surface area contributed by atoms with Gasteiger partial charge in [0.25, 0.3) is 5.91 Å². The van der Waals surface area contributed by atoms with Gasteiger partial charge in [-0.05, 0) is 29.8 Å². The number of nitrogens with zero attached hydrogens (tertiary/aromatic N) is 3. The number of halogens is 1. The summed E-state index contributed by atoms with van der Waals surface area (Å²) in [6.45, 7) is 0.322. The highest BCUT2D eigenvalue weighted by Crippen LogP contribution is 2.15. The summed E-state index contributed by atoms with van der Waals surface area (Å²) in [6.07, 6.45) is 1.96. The van der Waals surface area contributed by atoms with Gasteiger partial charge < -0.3 is 9.64 Å². The maximum atomic E-state index is 13.4. The van der Waals surface area contributed by atoms with Crippen molar-refractivity contribution < 1.29 is 13.9 Å². The lowest BCUT2D eigenvalue weighted by molar-refractivity contribution is -0.123. The maximum absolute atomic E-state index is 13.4. The number of nitriles is 1. The Labute approximate surface area is 151 Å². The third kappa shape index (κ3) is 5.91. The molecule has 0 atom stereocenters. The molecule has 2 rings (SSSR count). The highest BCUT2D eigenvalue weighted by Gasteiger charge is 2.05. The lowest BCUT2D eigenvalue weighted by atomic mass is 10.2. The van der Waals surface area contributed by atoms with E-state index in [0.29, 0.717) is 13.0 Å². The number of hydrogen-bond donors (Lipinski definition) is 1. The minimum atomic E-state index is -0.524. The lowest BCUT2D eigenvalue weighted by Gasteiger charge is -2.17. The fourth-order valence-corrected chi connectivity index (χ4v) is 2.08. The molecular formula is C19H19FN4O2. The van der Waals surface area contributed by atoms with Gasteiger partial charge in [0.15, 0.2) is 18.2 Å². The lowest BCUT2D eigenvalue weighted by Crippen LogP contribution is -2.24. The summed E-state index contributed by atoms with van der Waals surface area (Å²) in [5.74, 6) is -0.997. The molecule has 0 aliphatic heterocycles. The number of amides is 1. The molecule has 0 saturated heterocycles. The minimum absolute atomic E-state index is 0.0164. The maximum Gasteiger partial charge on any atom is 0.277 e. The Morgan fingerprint density at radius 2 is 2.04 bits per heavy atom. The molecule has 134 valence electrons. The van der Waals surface area contributed by atoms with Crippen LogP contribution >= 0.6 is 0 Å². The molecule has 7 heteroatoms. The van der Waals surface area contributed by atoms with Gasteiger partial charge in [0.05, 0.1) is 18.7 Å². The third-order valence-corrected chi connectivity index (χ3v) is 3.49. The molecule has 0 radical (unpaired) electrons. The summed E-state index contributed by atoms with van der Waals surface area (Å²) >= 11 is 0. The van der Waals surface area contributed by atoms with Gasteiger partial charge in [-0.3, -0.25) is 4.79 Å². The first kappa shape index (κ1) is 18.9. The SMILES string of the molecule is CN(CCC#N)c1ccc(/C=N\NC(=O)COc2ccccc2F)cc1. The average molecular weight is 354 g/mol. The van der Waals surface area contributed by atoms with Gasteiger partial charge in [0.2, 0.25) is 0 Å². The molecule has 6 nitrogen and oxygen atoms in total. The van der Waals surface area contributed by atoms with E-state index < -0.39 is 11.7 Å². The number of anilines is 1. The van der Waals surface area contributed by atoms with Crippen LogP contribution in [-0.4, -0.2) is 32.3 Å². The predicted molar refractivity (Wildman–Crippen MR) is 97.6 cm³/mol. The third-order valence-electron chi connectivity index (χ3n) is 3.49. The molecule has 2 aromatic rings. The first-order valence-electron chi connectivity index (χ1n) is 7.97. The Morgan fingerprint density at radius 3 is 2.73 bits per heavy atom. The highest BCUT2D eigenvalue weighted by molar-refractivity contribution is 5.83. The summed E-state index contributed by atoms with van der Waals surface area (Å²) in [5.41, 5.74) is 4.11. The topological polar surface area (TPSA) is 77.7 Å². The number of rotatable bonds is 8. The number of carbonyl (C=O) groups excluding carboxylic acids is 1. The number of para-hydroxylation sites is 1. The van der Waals surface area contributed by atoms with E-state index in [1.165, 1.54) is 18.3 Å². The predicted octanol–water partition coefficient (Wildman–Crippen LogP) is 2.70. The van der Waals surface area contributed by atoms with Crippen LogP contribution in [0.25, 0.3) is 0 Å². The van der Waals surface area contributed by atoms with Crippen LogP contribution in [-0.2, 0) is 4.79 Å². The summed E-state index contributed by atoms with van der Waals surface area (Å²) in [4.78, 5) is 13.6. The van der Waals surface area contributed by atoms with Crippen LogP contribution in [0, 0.1) is 17.1 Å². The molecule has 0 unspecified atom stereocenters. The van der Waals surface area contributed by atoms with Gasteiger partial charge in [-0.1, -0.05) is 24.3 Å². The number of carbonyl (C=O) groups is 1. The van der Waals surface area contributed by atoms with E-state index in [0.717, 1.165) is 11.3 Å². The summed E-state index contributed by atoms with van der Waals surface area (Å²) in [7, 11) is 1.91. The zero-order valence-electron chi connectivity index (χ0n) is 14.4. The zero-order valence-corrected chi connectivity index (χ0v) is 14.4. The smallest absolute Gasteiger partial charge is 0.277 e. The van der Waals surface area contributed by atoms with E-state index in [-0.39, 0.29) is 12.4 Å². The molecular weight excluding hydrogens is 335 g/mol. The van der Waals surface area contributed by atoms with Crippen molar-refractivity contribution in [2.24, 2.45) is 5.10 Å². The fourth-order valence-electron chi connectivity index (χ4n) is 2.08. The summed E-state index contributed by atoms with van der Waals surface area (Å²) < 4.78 is 18.5. The van der Waals surface area contributed by atoms with E-state index in [4.69, 9.17) is 10.00 Å². The van der Waals surface area contributed by atoms with Crippen LogP contribution in [0.15, 0.2) is 53.6 Å². The molecule has 1 amide bonds. The largest absolute Gasteiger partial charge is 0.481 e. The fraction of sp³-hybridized carbons (Fsp3) is 0.211. The Balaban J connectivity index is 1.79. The number of nitrogens with one attached hydrogen (secondary N) is 1. The van der Waals surface area contributed by atoms with Crippen molar-refractivity contribution in [2.75, 3.05) is 25.1 Å². The Bertz CT molecular complexity index is 800. The molecule has 0 heterocycles. The molecule has 0 bridgehead atoms. The quantitative estimate of drug-likeness (QED) is 0.584. The second-order valence-corrected chi connectivity index (χ2v) is 5.43. The van der Waals surface area contributed by atoms with Crippen LogP contribution in [0.1, 0.15) is 12.0 Å². The normalized spacial score (nSPS) is 10.3.